The van der Waals surface area contributed by atoms with Crippen LogP contribution in [0, 0.1) is 0 Å². The van der Waals surface area contributed by atoms with Crippen molar-refractivity contribution in [3.63, 3.8) is 0 Å². The number of carbonyl (C=O) groups is 1. The third kappa shape index (κ3) is 9.70. The van der Waals surface area contributed by atoms with Crippen LogP contribution in [0.3, 0.4) is 0 Å². The summed E-state index contributed by atoms with van der Waals surface area (Å²) in [5.41, 5.74) is 0. The summed E-state index contributed by atoms with van der Waals surface area (Å²) < 4.78 is 0. The summed E-state index contributed by atoms with van der Waals surface area (Å²) >= 11 is 1.80. The maximum absolute atomic E-state index is 11.1. The molecule has 0 spiro atoms. The standard InChI is InChI=1S/C9H20N2OS/c1-8(2)11-7-9(12)10-5-4-6-13-3/h8,11H,4-7H2,1-3H3,(H,10,12). The summed E-state index contributed by atoms with van der Waals surface area (Å²) in [5.74, 6) is 1.20. The molecule has 2 N–H and O–H groups in total. The molecule has 13 heavy (non-hydrogen) atoms. The van der Waals surface area contributed by atoms with Crippen LogP contribution in [0.5, 0.6) is 0 Å². The maximum Gasteiger partial charge on any atom is 0.233 e. The molecular formula is C9H20N2OS. The molecule has 0 aliphatic rings. The zero-order valence-electron chi connectivity index (χ0n) is 8.72. The average Bonchev–Trinajstić information content (AvgIpc) is 2.09. The van der Waals surface area contributed by atoms with Crippen LogP contribution in [0.2, 0.25) is 0 Å². The average molecular weight is 204 g/mol. The fraction of sp³-hybridized carbons (Fsp3) is 0.889. The van der Waals surface area contributed by atoms with Crippen molar-refractivity contribution in [2.45, 2.75) is 26.3 Å². The number of thioether (sulfide) groups is 1. The quantitative estimate of drug-likeness (QED) is 0.604. The lowest BCUT2D eigenvalue weighted by Crippen LogP contribution is -2.37. The first-order chi connectivity index (χ1) is 6.16. The van der Waals surface area contributed by atoms with Gasteiger partial charge in [-0.15, -0.1) is 0 Å². The lowest BCUT2D eigenvalue weighted by atomic mass is 10.4. The molecular weight excluding hydrogens is 184 g/mol. The number of amides is 1. The highest BCUT2D eigenvalue weighted by Crippen LogP contribution is 1.92. The fourth-order valence-corrected chi connectivity index (χ4v) is 1.24. The second-order valence-corrected chi connectivity index (χ2v) is 4.22. The second kappa shape index (κ2) is 8.38. The van der Waals surface area contributed by atoms with Crippen LogP contribution in [0.25, 0.3) is 0 Å². The maximum atomic E-state index is 11.1. The molecule has 0 heterocycles. The van der Waals surface area contributed by atoms with E-state index in [0.29, 0.717) is 12.6 Å². The van der Waals surface area contributed by atoms with Gasteiger partial charge in [0, 0.05) is 12.6 Å². The van der Waals surface area contributed by atoms with Crippen LogP contribution >= 0.6 is 11.8 Å². The first-order valence-corrected chi connectivity index (χ1v) is 6.05. The minimum atomic E-state index is 0.0924. The van der Waals surface area contributed by atoms with Crippen LogP contribution < -0.4 is 10.6 Å². The first kappa shape index (κ1) is 12.8. The zero-order chi connectivity index (χ0) is 10.1. The molecule has 0 bridgehead atoms. The Morgan fingerprint density at radius 3 is 2.69 bits per heavy atom. The molecule has 0 aromatic rings. The third-order valence-electron chi connectivity index (χ3n) is 1.52. The summed E-state index contributed by atoms with van der Waals surface area (Å²) in [6, 6.07) is 0.372. The molecule has 0 aromatic heterocycles. The zero-order valence-corrected chi connectivity index (χ0v) is 9.54. The molecule has 0 aliphatic heterocycles. The van der Waals surface area contributed by atoms with Gasteiger partial charge in [0.2, 0.25) is 5.91 Å². The van der Waals surface area contributed by atoms with E-state index in [0.717, 1.165) is 18.7 Å². The van der Waals surface area contributed by atoms with Gasteiger partial charge in [-0.05, 0) is 18.4 Å². The molecule has 1 amide bonds. The molecule has 78 valence electrons. The van der Waals surface area contributed by atoms with E-state index >= 15 is 0 Å². The van der Waals surface area contributed by atoms with Gasteiger partial charge in [0.25, 0.3) is 0 Å². The van der Waals surface area contributed by atoms with Crippen LogP contribution in [0.4, 0.5) is 0 Å². The van der Waals surface area contributed by atoms with Gasteiger partial charge in [-0.25, -0.2) is 0 Å². The largest absolute Gasteiger partial charge is 0.355 e. The Kier molecular flexibility index (Phi) is 8.24. The Bertz CT molecular complexity index is 140. The fourth-order valence-electron chi connectivity index (χ4n) is 0.804. The summed E-state index contributed by atoms with van der Waals surface area (Å²) in [6.45, 7) is 5.28. The molecule has 0 saturated heterocycles. The highest BCUT2D eigenvalue weighted by molar-refractivity contribution is 7.98. The summed E-state index contributed by atoms with van der Waals surface area (Å²) in [7, 11) is 0. The molecule has 3 nitrogen and oxygen atoms in total. The topological polar surface area (TPSA) is 41.1 Å². The van der Waals surface area contributed by atoms with Crippen LogP contribution in [0.15, 0.2) is 0 Å². The number of carbonyl (C=O) groups excluding carboxylic acids is 1. The van der Waals surface area contributed by atoms with Crippen molar-refractivity contribution in [2.75, 3.05) is 25.1 Å². The third-order valence-corrected chi connectivity index (χ3v) is 2.22. The van der Waals surface area contributed by atoms with Crippen molar-refractivity contribution < 1.29 is 4.79 Å². The Morgan fingerprint density at radius 1 is 1.46 bits per heavy atom. The van der Waals surface area contributed by atoms with E-state index in [4.69, 9.17) is 0 Å². The number of hydrogen-bond donors (Lipinski definition) is 2. The van der Waals surface area contributed by atoms with Gasteiger partial charge in [-0.3, -0.25) is 4.79 Å². The number of rotatable bonds is 7. The van der Waals surface area contributed by atoms with Gasteiger partial charge in [0.1, 0.15) is 0 Å². The van der Waals surface area contributed by atoms with E-state index in [1.165, 1.54) is 0 Å². The van der Waals surface area contributed by atoms with Gasteiger partial charge >= 0.3 is 0 Å². The molecule has 0 fully saturated rings. The van der Waals surface area contributed by atoms with Crippen molar-refractivity contribution in [3.05, 3.63) is 0 Å². The van der Waals surface area contributed by atoms with E-state index in [-0.39, 0.29) is 5.91 Å². The van der Waals surface area contributed by atoms with Crippen LogP contribution in [0.1, 0.15) is 20.3 Å². The smallest absolute Gasteiger partial charge is 0.233 e. The van der Waals surface area contributed by atoms with E-state index in [1.54, 1.807) is 11.8 Å². The molecule has 0 aliphatic carbocycles. The number of hydrogen-bond acceptors (Lipinski definition) is 3. The van der Waals surface area contributed by atoms with Crippen molar-refractivity contribution in [1.82, 2.24) is 10.6 Å². The predicted octanol–water partition coefficient (Wildman–Crippen LogP) is 0.854. The van der Waals surface area contributed by atoms with Crippen LogP contribution in [-0.4, -0.2) is 37.0 Å². The first-order valence-electron chi connectivity index (χ1n) is 4.66. The van der Waals surface area contributed by atoms with Crippen LogP contribution in [-0.2, 0) is 4.79 Å². The number of nitrogens with one attached hydrogen (secondary N) is 2. The van der Waals surface area contributed by atoms with Crippen molar-refractivity contribution in [3.8, 4) is 0 Å². The predicted molar refractivity (Wildman–Crippen MR) is 59.1 cm³/mol. The second-order valence-electron chi connectivity index (χ2n) is 3.23. The van der Waals surface area contributed by atoms with Gasteiger partial charge < -0.3 is 10.6 Å². The monoisotopic (exact) mass is 204 g/mol. The molecule has 4 heteroatoms. The van der Waals surface area contributed by atoms with Gasteiger partial charge in [-0.1, -0.05) is 13.8 Å². The Morgan fingerprint density at radius 2 is 2.15 bits per heavy atom. The molecule has 0 atom stereocenters. The Labute approximate surface area is 85.0 Å². The Balaban J connectivity index is 3.20. The van der Waals surface area contributed by atoms with E-state index < -0.39 is 0 Å². The molecule has 0 radical (unpaired) electrons. The van der Waals surface area contributed by atoms with Crippen molar-refractivity contribution in [1.29, 1.82) is 0 Å². The van der Waals surface area contributed by atoms with E-state index in [9.17, 15) is 4.79 Å². The summed E-state index contributed by atoms with van der Waals surface area (Å²) in [4.78, 5) is 11.1. The lowest BCUT2D eigenvalue weighted by molar-refractivity contribution is -0.120. The van der Waals surface area contributed by atoms with Gasteiger partial charge in [0.15, 0.2) is 0 Å². The van der Waals surface area contributed by atoms with Gasteiger partial charge in [-0.2, -0.15) is 11.8 Å². The molecule has 0 rings (SSSR count). The highest BCUT2D eigenvalue weighted by atomic mass is 32.2. The van der Waals surface area contributed by atoms with Crippen molar-refractivity contribution >= 4 is 17.7 Å². The minimum absolute atomic E-state index is 0.0924. The van der Waals surface area contributed by atoms with E-state index in [1.807, 2.05) is 13.8 Å². The summed E-state index contributed by atoms with van der Waals surface area (Å²) in [5, 5.41) is 5.93. The molecule has 0 unspecified atom stereocenters. The molecule has 0 aromatic carbocycles. The summed E-state index contributed by atoms with van der Waals surface area (Å²) in [6.07, 6.45) is 3.12. The normalized spacial score (nSPS) is 10.5. The molecule has 0 saturated carbocycles. The van der Waals surface area contributed by atoms with E-state index in [2.05, 4.69) is 16.9 Å². The lowest BCUT2D eigenvalue weighted by Gasteiger charge is -2.08. The SMILES string of the molecule is CSCCCNC(=O)CNC(C)C. The minimum Gasteiger partial charge on any atom is -0.355 e. The van der Waals surface area contributed by atoms with Crippen molar-refractivity contribution in [2.24, 2.45) is 0 Å². The highest BCUT2D eigenvalue weighted by Gasteiger charge is 2.00. The van der Waals surface area contributed by atoms with Gasteiger partial charge in [0.05, 0.1) is 6.54 Å². The Hall–Kier alpha value is -0.220.